The summed E-state index contributed by atoms with van der Waals surface area (Å²) >= 11 is 0. The van der Waals surface area contributed by atoms with Crippen LogP contribution >= 0.6 is 0 Å². The van der Waals surface area contributed by atoms with E-state index in [4.69, 9.17) is 0 Å². The van der Waals surface area contributed by atoms with E-state index in [0.29, 0.717) is 30.6 Å². The van der Waals surface area contributed by atoms with Crippen LogP contribution in [0.2, 0.25) is 0 Å². The number of aromatic nitrogens is 1. The number of rotatable bonds is 6. The highest BCUT2D eigenvalue weighted by molar-refractivity contribution is 6.02. The van der Waals surface area contributed by atoms with Crippen molar-refractivity contribution in [3.63, 3.8) is 0 Å². The fourth-order valence-corrected chi connectivity index (χ4v) is 4.93. The third kappa shape index (κ3) is 5.56. The molecule has 0 saturated carbocycles. The Morgan fingerprint density at radius 3 is 2.55 bits per heavy atom. The molecule has 160 valence electrons. The van der Waals surface area contributed by atoms with Crippen LogP contribution in [0.25, 0.3) is 0 Å². The smallest absolute Gasteiger partial charge is 0.261 e. The topological polar surface area (TPSA) is 82.3 Å². The number of carbonyl (C=O) groups is 2. The monoisotopic (exact) mass is 401 g/mol. The molecule has 0 bridgehead atoms. The van der Waals surface area contributed by atoms with Crippen molar-refractivity contribution >= 4 is 11.7 Å². The first kappa shape index (κ1) is 21.8. The van der Waals surface area contributed by atoms with Gasteiger partial charge >= 0.3 is 0 Å². The molecule has 1 aliphatic heterocycles. The van der Waals surface area contributed by atoms with Crippen molar-refractivity contribution in [2.24, 2.45) is 17.3 Å². The van der Waals surface area contributed by atoms with Crippen LogP contribution in [0.5, 0.6) is 0 Å². The van der Waals surface area contributed by atoms with Crippen LogP contribution in [0, 0.1) is 17.3 Å². The van der Waals surface area contributed by atoms with Crippen molar-refractivity contribution in [1.82, 2.24) is 15.2 Å². The maximum Gasteiger partial charge on any atom is 0.261 e. The number of pyridine rings is 1. The Bertz CT molecular complexity index is 817. The normalized spacial score (nSPS) is 24.2. The van der Waals surface area contributed by atoms with Crippen LogP contribution < -0.4 is 10.9 Å². The molecule has 2 N–H and O–H groups in total. The zero-order valence-electron chi connectivity index (χ0n) is 18.3. The number of H-pyrrole nitrogens is 1. The molecule has 1 amide bonds. The summed E-state index contributed by atoms with van der Waals surface area (Å²) in [5.74, 6) is 1.10. The standard InChI is InChI=1S/C23H35N3O3/c1-15-9-16(2)14-26(13-15)8-6-5-7-24-21(28)18-10-17-19(25-22(18)29)11-23(3,4)12-20(17)27/h10,15-16H,5-9,11-14H2,1-4H3,(H,24,28)(H,25,29). The molecule has 6 nitrogen and oxygen atoms in total. The highest BCUT2D eigenvalue weighted by atomic mass is 16.2. The molecular weight excluding hydrogens is 366 g/mol. The molecule has 2 aliphatic rings. The maximum atomic E-state index is 12.5. The Labute approximate surface area is 173 Å². The molecule has 0 radical (unpaired) electrons. The van der Waals surface area contributed by atoms with E-state index in [1.165, 1.54) is 12.5 Å². The lowest BCUT2D eigenvalue weighted by atomic mass is 9.75. The van der Waals surface area contributed by atoms with E-state index < -0.39 is 11.5 Å². The van der Waals surface area contributed by atoms with E-state index in [1.54, 1.807) is 0 Å². The van der Waals surface area contributed by atoms with Crippen LogP contribution in [0.4, 0.5) is 0 Å². The van der Waals surface area contributed by atoms with Gasteiger partial charge in [-0.05, 0) is 55.5 Å². The van der Waals surface area contributed by atoms with Gasteiger partial charge in [-0.3, -0.25) is 14.4 Å². The molecule has 2 heterocycles. The Morgan fingerprint density at radius 2 is 1.86 bits per heavy atom. The van der Waals surface area contributed by atoms with E-state index in [2.05, 4.69) is 29.0 Å². The summed E-state index contributed by atoms with van der Waals surface area (Å²) in [6, 6.07) is 1.48. The largest absolute Gasteiger partial charge is 0.352 e. The molecule has 3 rings (SSSR count). The molecule has 1 aliphatic carbocycles. The second-order valence-electron chi connectivity index (χ2n) is 10.0. The summed E-state index contributed by atoms with van der Waals surface area (Å²) in [7, 11) is 0. The summed E-state index contributed by atoms with van der Waals surface area (Å²) in [4.78, 5) is 42.6. The van der Waals surface area contributed by atoms with Gasteiger partial charge in [-0.15, -0.1) is 0 Å². The molecule has 2 atom stereocenters. The van der Waals surface area contributed by atoms with Crippen LogP contribution in [0.1, 0.15) is 79.8 Å². The SMILES string of the molecule is CC1CC(C)CN(CCCCNC(=O)c2cc3c([nH]c2=O)CC(C)(C)CC3=O)C1. The number of ketones is 1. The van der Waals surface area contributed by atoms with Crippen molar-refractivity contribution in [2.75, 3.05) is 26.2 Å². The van der Waals surface area contributed by atoms with Gasteiger partial charge in [0, 0.05) is 37.3 Å². The first-order chi connectivity index (χ1) is 13.6. The Kier molecular flexibility index (Phi) is 6.62. The minimum atomic E-state index is -0.414. The Balaban J connectivity index is 1.51. The van der Waals surface area contributed by atoms with Gasteiger partial charge in [0.25, 0.3) is 11.5 Å². The average Bonchev–Trinajstić information content (AvgIpc) is 2.58. The van der Waals surface area contributed by atoms with E-state index >= 15 is 0 Å². The van der Waals surface area contributed by atoms with Gasteiger partial charge in [-0.1, -0.05) is 27.7 Å². The Morgan fingerprint density at radius 1 is 1.17 bits per heavy atom. The zero-order chi connectivity index (χ0) is 21.2. The van der Waals surface area contributed by atoms with Gasteiger partial charge < -0.3 is 15.2 Å². The number of hydrogen-bond acceptors (Lipinski definition) is 4. The second-order valence-corrected chi connectivity index (χ2v) is 10.0. The molecule has 0 aromatic carbocycles. The van der Waals surface area contributed by atoms with E-state index in [9.17, 15) is 14.4 Å². The van der Waals surface area contributed by atoms with Gasteiger partial charge in [0.05, 0.1) is 0 Å². The number of amides is 1. The fourth-order valence-electron chi connectivity index (χ4n) is 4.93. The van der Waals surface area contributed by atoms with E-state index in [0.717, 1.165) is 44.3 Å². The summed E-state index contributed by atoms with van der Waals surface area (Å²) in [6.45, 7) is 12.5. The van der Waals surface area contributed by atoms with Crippen molar-refractivity contribution < 1.29 is 9.59 Å². The van der Waals surface area contributed by atoms with E-state index in [-0.39, 0.29) is 16.8 Å². The predicted octanol–water partition coefficient (Wildman–Crippen LogP) is 3.02. The molecule has 0 spiro atoms. The van der Waals surface area contributed by atoms with Crippen molar-refractivity contribution in [3.8, 4) is 0 Å². The van der Waals surface area contributed by atoms with Crippen LogP contribution in [-0.4, -0.2) is 47.8 Å². The van der Waals surface area contributed by atoms with Crippen LogP contribution in [0.3, 0.4) is 0 Å². The first-order valence-corrected chi connectivity index (χ1v) is 10.9. The number of unbranched alkanes of at least 4 members (excludes halogenated alkanes) is 1. The first-order valence-electron chi connectivity index (χ1n) is 10.9. The Hall–Kier alpha value is -1.95. The minimum Gasteiger partial charge on any atom is -0.352 e. The maximum absolute atomic E-state index is 12.5. The molecule has 1 saturated heterocycles. The summed E-state index contributed by atoms with van der Waals surface area (Å²) < 4.78 is 0. The number of hydrogen-bond donors (Lipinski definition) is 2. The predicted molar refractivity (Wildman–Crippen MR) is 114 cm³/mol. The number of Topliss-reactive ketones (excluding diaryl/α,β-unsaturated/α-hetero) is 1. The number of nitrogens with zero attached hydrogens (tertiary/aromatic N) is 1. The number of nitrogens with one attached hydrogen (secondary N) is 2. The lowest BCUT2D eigenvalue weighted by molar-refractivity contribution is 0.0910. The lowest BCUT2D eigenvalue weighted by Gasteiger charge is -2.34. The van der Waals surface area contributed by atoms with E-state index in [1.807, 2.05) is 13.8 Å². The molecule has 2 unspecified atom stereocenters. The number of fused-ring (bicyclic) bond motifs is 1. The second kappa shape index (κ2) is 8.82. The number of likely N-dealkylation sites (tertiary alicyclic amines) is 1. The van der Waals surface area contributed by atoms with Gasteiger partial charge in [0.15, 0.2) is 5.78 Å². The summed E-state index contributed by atoms with van der Waals surface area (Å²) in [6.07, 6.45) is 4.27. The van der Waals surface area contributed by atoms with Gasteiger partial charge in [0.2, 0.25) is 0 Å². The van der Waals surface area contributed by atoms with Gasteiger partial charge in [0.1, 0.15) is 5.56 Å². The average molecular weight is 402 g/mol. The molecule has 29 heavy (non-hydrogen) atoms. The molecule has 6 heteroatoms. The fraction of sp³-hybridized carbons (Fsp3) is 0.696. The quantitative estimate of drug-likeness (QED) is 0.718. The number of piperidine rings is 1. The summed E-state index contributed by atoms with van der Waals surface area (Å²) in [5.41, 5.74) is 0.597. The third-order valence-electron chi connectivity index (χ3n) is 6.09. The lowest BCUT2D eigenvalue weighted by Crippen LogP contribution is -2.39. The minimum absolute atomic E-state index is 0.00783. The third-order valence-corrected chi connectivity index (χ3v) is 6.09. The highest BCUT2D eigenvalue weighted by Crippen LogP contribution is 2.33. The van der Waals surface area contributed by atoms with Crippen molar-refractivity contribution in [1.29, 1.82) is 0 Å². The number of carbonyl (C=O) groups excluding carboxylic acids is 2. The van der Waals surface area contributed by atoms with Crippen LogP contribution in [0.15, 0.2) is 10.9 Å². The van der Waals surface area contributed by atoms with Gasteiger partial charge in [-0.25, -0.2) is 0 Å². The highest BCUT2D eigenvalue weighted by Gasteiger charge is 2.32. The zero-order valence-corrected chi connectivity index (χ0v) is 18.3. The number of aromatic amines is 1. The van der Waals surface area contributed by atoms with Crippen molar-refractivity contribution in [3.05, 3.63) is 33.2 Å². The van der Waals surface area contributed by atoms with Crippen LogP contribution in [-0.2, 0) is 6.42 Å². The molecular formula is C23H35N3O3. The molecule has 1 aromatic rings. The summed E-state index contributed by atoms with van der Waals surface area (Å²) in [5, 5.41) is 2.84. The van der Waals surface area contributed by atoms with Crippen molar-refractivity contribution in [2.45, 2.75) is 59.8 Å². The molecule has 1 fully saturated rings. The van der Waals surface area contributed by atoms with Gasteiger partial charge in [-0.2, -0.15) is 0 Å². The molecule has 1 aromatic heterocycles.